The molecule has 0 aliphatic rings. The monoisotopic (exact) mass is 220 g/mol. The largest absolute Gasteiger partial charge is 0.456 e. The molecule has 0 fully saturated rings. The first-order chi connectivity index (χ1) is 7.33. The van der Waals surface area contributed by atoms with E-state index in [0.717, 1.165) is 11.8 Å². The highest BCUT2D eigenvalue weighted by Crippen LogP contribution is 2.14. The zero-order chi connectivity index (χ0) is 12.3. The maximum Gasteiger partial charge on any atom is 0.338 e. The molecule has 1 rings (SSSR count). The molecule has 0 atom stereocenters. The number of aldehydes is 1. The zero-order valence-corrected chi connectivity index (χ0v) is 10.0. The van der Waals surface area contributed by atoms with Crippen molar-refractivity contribution in [1.29, 1.82) is 0 Å². The Balaban J connectivity index is 2.97. The van der Waals surface area contributed by atoms with Crippen molar-refractivity contribution in [3.8, 4) is 0 Å². The predicted molar refractivity (Wildman–Crippen MR) is 61.7 cm³/mol. The summed E-state index contributed by atoms with van der Waals surface area (Å²) in [5.41, 5.74) is 1.25. The fraction of sp³-hybridized carbons (Fsp3) is 0.385. The standard InChI is InChI=1S/C13H16O3/c1-9-5-6-10(7-11(9)8-14)12(15)16-13(2,3)4/h5-8H,1-4H3. The van der Waals surface area contributed by atoms with E-state index in [4.69, 9.17) is 4.74 Å². The lowest BCUT2D eigenvalue weighted by Crippen LogP contribution is -2.24. The molecule has 1 aromatic rings. The van der Waals surface area contributed by atoms with Gasteiger partial charge in [-0.2, -0.15) is 0 Å². The lowest BCUT2D eigenvalue weighted by Gasteiger charge is -2.19. The van der Waals surface area contributed by atoms with Gasteiger partial charge in [-0.05, 0) is 45.4 Å². The topological polar surface area (TPSA) is 43.4 Å². The van der Waals surface area contributed by atoms with Gasteiger partial charge in [-0.25, -0.2) is 4.79 Å². The number of esters is 1. The van der Waals surface area contributed by atoms with Crippen molar-refractivity contribution in [2.24, 2.45) is 0 Å². The van der Waals surface area contributed by atoms with E-state index in [1.165, 1.54) is 0 Å². The van der Waals surface area contributed by atoms with E-state index in [1.807, 2.05) is 6.92 Å². The van der Waals surface area contributed by atoms with Crippen molar-refractivity contribution in [2.75, 3.05) is 0 Å². The average Bonchev–Trinajstić information content (AvgIpc) is 2.15. The molecule has 86 valence electrons. The van der Waals surface area contributed by atoms with Crippen LogP contribution >= 0.6 is 0 Å². The maximum atomic E-state index is 11.7. The highest BCUT2D eigenvalue weighted by atomic mass is 16.6. The molecular weight excluding hydrogens is 204 g/mol. The summed E-state index contributed by atoms with van der Waals surface area (Å²) in [6, 6.07) is 4.95. The van der Waals surface area contributed by atoms with Gasteiger partial charge in [-0.1, -0.05) is 6.07 Å². The highest BCUT2D eigenvalue weighted by molar-refractivity contribution is 5.92. The Labute approximate surface area is 95.4 Å². The third-order valence-electron chi connectivity index (χ3n) is 2.04. The van der Waals surface area contributed by atoms with Gasteiger partial charge in [0.2, 0.25) is 0 Å². The van der Waals surface area contributed by atoms with Gasteiger partial charge in [-0.3, -0.25) is 4.79 Å². The van der Waals surface area contributed by atoms with E-state index in [2.05, 4.69) is 0 Å². The van der Waals surface area contributed by atoms with Gasteiger partial charge in [0.1, 0.15) is 11.9 Å². The van der Waals surface area contributed by atoms with E-state index in [9.17, 15) is 9.59 Å². The molecule has 0 bridgehead atoms. The second-order valence-electron chi connectivity index (χ2n) is 4.69. The minimum Gasteiger partial charge on any atom is -0.456 e. The van der Waals surface area contributed by atoms with Crippen LogP contribution in [0.1, 0.15) is 47.1 Å². The van der Waals surface area contributed by atoms with Crippen molar-refractivity contribution in [2.45, 2.75) is 33.3 Å². The van der Waals surface area contributed by atoms with Crippen LogP contribution in [-0.4, -0.2) is 17.9 Å². The van der Waals surface area contributed by atoms with Crippen LogP contribution in [0.25, 0.3) is 0 Å². The molecule has 3 heteroatoms. The van der Waals surface area contributed by atoms with Crippen LogP contribution in [-0.2, 0) is 4.74 Å². The molecule has 1 aromatic carbocycles. The molecule has 3 nitrogen and oxygen atoms in total. The predicted octanol–water partition coefficient (Wildman–Crippen LogP) is 2.76. The molecule has 0 aliphatic carbocycles. The van der Waals surface area contributed by atoms with Crippen molar-refractivity contribution in [1.82, 2.24) is 0 Å². The van der Waals surface area contributed by atoms with Crippen molar-refractivity contribution >= 4 is 12.3 Å². The Kier molecular flexibility index (Phi) is 3.48. The molecular formula is C13H16O3. The Morgan fingerprint density at radius 2 is 1.94 bits per heavy atom. The summed E-state index contributed by atoms with van der Waals surface area (Å²) in [7, 11) is 0. The number of hydrogen-bond donors (Lipinski definition) is 0. The fourth-order valence-electron chi connectivity index (χ4n) is 1.23. The molecule has 0 amide bonds. The number of ether oxygens (including phenoxy) is 1. The van der Waals surface area contributed by atoms with Gasteiger partial charge in [0.05, 0.1) is 5.56 Å². The summed E-state index contributed by atoms with van der Waals surface area (Å²) >= 11 is 0. The van der Waals surface area contributed by atoms with Gasteiger partial charge >= 0.3 is 5.97 Å². The molecule has 16 heavy (non-hydrogen) atoms. The molecule has 0 radical (unpaired) electrons. The molecule has 0 aromatic heterocycles. The number of carbonyl (C=O) groups is 2. The average molecular weight is 220 g/mol. The summed E-state index contributed by atoms with van der Waals surface area (Å²) in [6.45, 7) is 7.24. The van der Waals surface area contributed by atoms with Gasteiger partial charge in [0.25, 0.3) is 0 Å². The smallest absolute Gasteiger partial charge is 0.338 e. The van der Waals surface area contributed by atoms with E-state index in [0.29, 0.717) is 11.1 Å². The zero-order valence-electron chi connectivity index (χ0n) is 10.0. The lowest BCUT2D eigenvalue weighted by atomic mass is 10.1. The Morgan fingerprint density at radius 1 is 1.31 bits per heavy atom. The normalized spacial score (nSPS) is 11.0. The van der Waals surface area contributed by atoms with Gasteiger partial charge < -0.3 is 4.74 Å². The van der Waals surface area contributed by atoms with E-state index < -0.39 is 11.6 Å². The lowest BCUT2D eigenvalue weighted by molar-refractivity contribution is 0.00695. The number of benzene rings is 1. The van der Waals surface area contributed by atoms with Crippen LogP contribution in [0.3, 0.4) is 0 Å². The van der Waals surface area contributed by atoms with Gasteiger partial charge in [0, 0.05) is 5.56 Å². The first kappa shape index (κ1) is 12.4. The van der Waals surface area contributed by atoms with Crippen molar-refractivity contribution < 1.29 is 14.3 Å². The quantitative estimate of drug-likeness (QED) is 0.568. The molecule has 0 saturated heterocycles. The summed E-state index contributed by atoms with van der Waals surface area (Å²) in [6.07, 6.45) is 0.739. The SMILES string of the molecule is Cc1ccc(C(=O)OC(C)(C)C)cc1C=O. The second-order valence-corrected chi connectivity index (χ2v) is 4.69. The minimum atomic E-state index is -0.524. The molecule has 0 heterocycles. The van der Waals surface area contributed by atoms with Gasteiger partial charge in [0.15, 0.2) is 0 Å². The van der Waals surface area contributed by atoms with Crippen LogP contribution in [0.15, 0.2) is 18.2 Å². The Hall–Kier alpha value is -1.64. The molecule has 0 aliphatic heterocycles. The summed E-state index contributed by atoms with van der Waals surface area (Å²) in [4.78, 5) is 22.4. The van der Waals surface area contributed by atoms with Crippen molar-refractivity contribution in [3.63, 3.8) is 0 Å². The number of hydrogen-bond acceptors (Lipinski definition) is 3. The minimum absolute atomic E-state index is 0.405. The molecule has 0 spiro atoms. The Morgan fingerprint density at radius 3 is 2.44 bits per heavy atom. The van der Waals surface area contributed by atoms with E-state index in [-0.39, 0.29) is 0 Å². The van der Waals surface area contributed by atoms with Crippen LogP contribution in [0, 0.1) is 6.92 Å². The molecule has 0 unspecified atom stereocenters. The Bertz CT molecular complexity index is 414. The first-order valence-corrected chi connectivity index (χ1v) is 5.12. The van der Waals surface area contributed by atoms with Crippen LogP contribution in [0.4, 0.5) is 0 Å². The highest BCUT2D eigenvalue weighted by Gasteiger charge is 2.18. The van der Waals surface area contributed by atoms with Gasteiger partial charge in [-0.15, -0.1) is 0 Å². The number of aryl methyl sites for hydroxylation is 1. The van der Waals surface area contributed by atoms with Crippen molar-refractivity contribution in [3.05, 3.63) is 34.9 Å². The molecule has 0 saturated carbocycles. The maximum absolute atomic E-state index is 11.7. The third-order valence-corrected chi connectivity index (χ3v) is 2.04. The van der Waals surface area contributed by atoms with Crippen LogP contribution in [0.2, 0.25) is 0 Å². The molecule has 0 N–H and O–H groups in total. The van der Waals surface area contributed by atoms with Crippen LogP contribution in [0.5, 0.6) is 0 Å². The second kappa shape index (κ2) is 4.47. The summed E-state index contributed by atoms with van der Waals surface area (Å²) < 4.78 is 5.21. The van der Waals surface area contributed by atoms with E-state index >= 15 is 0 Å². The first-order valence-electron chi connectivity index (χ1n) is 5.12. The number of carbonyl (C=O) groups excluding carboxylic acids is 2. The number of rotatable bonds is 2. The summed E-state index contributed by atoms with van der Waals surface area (Å²) in [5.74, 6) is -0.407. The van der Waals surface area contributed by atoms with E-state index in [1.54, 1.807) is 39.0 Å². The fourth-order valence-corrected chi connectivity index (χ4v) is 1.23. The summed E-state index contributed by atoms with van der Waals surface area (Å²) in [5, 5.41) is 0. The van der Waals surface area contributed by atoms with Crippen LogP contribution < -0.4 is 0 Å². The third kappa shape index (κ3) is 3.19.